The number of benzene rings is 2. The Bertz CT molecular complexity index is 922. The number of aryl methyl sites for hydroxylation is 4. The van der Waals surface area contributed by atoms with Crippen molar-refractivity contribution in [3.8, 4) is 0 Å². The standard InChI is InChI=1S/C24H26/c1-13-7-15(3)22-17(5)24-18(6)23-16(4)8-14(2)10-20(23)12-21(24)11-19(22)9-13/h7-10,21H,5,11-12H2,1-4,6H3. The molecule has 2 aromatic rings. The lowest BCUT2D eigenvalue weighted by Gasteiger charge is -2.37. The van der Waals surface area contributed by atoms with Crippen molar-refractivity contribution in [2.24, 2.45) is 5.92 Å². The van der Waals surface area contributed by atoms with Crippen LogP contribution in [0.3, 0.4) is 0 Å². The highest BCUT2D eigenvalue weighted by Gasteiger charge is 2.33. The first-order valence-electron chi connectivity index (χ1n) is 8.98. The summed E-state index contributed by atoms with van der Waals surface area (Å²) < 4.78 is 0. The fourth-order valence-electron chi connectivity index (χ4n) is 5.26. The summed E-state index contributed by atoms with van der Waals surface area (Å²) in [7, 11) is 0. The largest absolute Gasteiger partial charge is 0.0908 e. The molecule has 2 aliphatic carbocycles. The van der Waals surface area contributed by atoms with Gasteiger partial charge in [-0.15, -0.1) is 0 Å². The lowest BCUT2D eigenvalue weighted by molar-refractivity contribution is 0.602. The van der Waals surface area contributed by atoms with E-state index in [4.69, 9.17) is 0 Å². The van der Waals surface area contributed by atoms with Crippen molar-refractivity contribution >= 4 is 11.1 Å². The molecule has 2 aromatic carbocycles. The highest BCUT2D eigenvalue weighted by molar-refractivity contribution is 5.94. The van der Waals surface area contributed by atoms with Gasteiger partial charge in [0.25, 0.3) is 0 Å². The smallest absolute Gasteiger partial charge is 0.00718 e. The summed E-state index contributed by atoms with van der Waals surface area (Å²) in [4.78, 5) is 0. The Hall–Kier alpha value is -2.08. The second-order valence-electron chi connectivity index (χ2n) is 7.85. The maximum atomic E-state index is 4.54. The van der Waals surface area contributed by atoms with Crippen LogP contribution in [-0.4, -0.2) is 0 Å². The van der Waals surface area contributed by atoms with Gasteiger partial charge >= 0.3 is 0 Å². The molecule has 122 valence electrons. The predicted molar refractivity (Wildman–Crippen MR) is 104 cm³/mol. The SMILES string of the molecule is C=C1C2=C(C)c3c(C)cc(C)cc3CC2Cc2cc(C)cc(C)c21. The van der Waals surface area contributed by atoms with E-state index in [0.717, 1.165) is 12.8 Å². The third kappa shape index (κ3) is 2.13. The van der Waals surface area contributed by atoms with E-state index in [1.54, 1.807) is 0 Å². The van der Waals surface area contributed by atoms with Crippen LogP contribution in [0.5, 0.6) is 0 Å². The minimum atomic E-state index is 0.583. The zero-order valence-corrected chi connectivity index (χ0v) is 15.5. The third-order valence-corrected chi connectivity index (χ3v) is 5.87. The molecule has 0 spiro atoms. The average Bonchev–Trinajstić information content (AvgIpc) is 2.44. The topological polar surface area (TPSA) is 0 Å². The van der Waals surface area contributed by atoms with Crippen molar-refractivity contribution in [1.29, 1.82) is 0 Å². The summed E-state index contributed by atoms with van der Waals surface area (Å²) in [5.41, 5.74) is 15.7. The lowest BCUT2D eigenvalue weighted by Crippen LogP contribution is -2.24. The highest BCUT2D eigenvalue weighted by atomic mass is 14.4. The van der Waals surface area contributed by atoms with E-state index in [0.29, 0.717) is 5.92 Å². The summed E-state index contributed by atoms with van der Waals surface area (Å²) in [5, 5.41) is 0. The maximum absolute atomic E-state index is 4.54. The van der Waals surface area contributed by atoms with Gasteiger partial charge in [0.15, 0.2) is 0 Å². The molecule has 0 saturated carbocycles. The second kappa shape index (κ2) is 5.21. The van der Waals surface area contributed by atoms with Crippen LogP contribution in [0.2, 0.25) is 0 Å². The first-order chi connectivity index (χ1) is 11.4. The summed E-state index contributed by atoms with van der Waals surface area (Å²) >= 11 is 0. The van der Waals surface area contributed by atoms with Crippen LogP contribution in [0.1, 0.15) is 51.4 Å². The Labute approximate surface area is 145 Å². The third-order valence-electron chi connectivity index (χ3n) is 5.87. The van der Waals surface area contributed by atoms with Crippen LogP contribution < -0.4 is 0 Å². The predicted octanol–water partition coefficient (Wildman–Crippen LogP) is 6.14. The van der Waals surface area contributed by atoms with Gasteiger partial charge in [-0.05, 0) is 103 Å². The number of hydrogen-bond acceptors (Lipinski definition) is 0. The molecule has 0 N–H and O–H groups in total. The molecule has 0 radical (unpaired) electrons. The molecule has 0 fully saturated rings. The highest BCUT2D eigenvalue weighted by Crippen LogP contribution is 2.48. The molecule has 0 bridgehead atoms. The molecule has 24 heavy (non-hydrogen) atoms. The summed E-state index contributed by atoms with van der Waals surface area (Å²) in [6.45, 7) is 15.8. The molecule has 0 saturated heterocycles. The summed E-state index contributed by atoms with van der Waals surface area (Å²) in [5.74, 6) is 0.583. The first-order valence-corrected chi connectivity index (χ1v) is 8.98. The maximum Gasteiger partial charge on any atom is -0.00718 e. The zero-order valence-electron chi connectivity index (χ0n) is 15.5. The molecule has 1 atom stereocenters. The van der Waals surface area contributed by atoms with Gasteiger partial charge in [0.1, 0.15) is 0 Å². The van der Waals surface area contributed by atoms with Crippen molar-refractivity contribution in [2.75, 3.05) is 0 Å². The Kier molecular flexibility index (Phi) is 3.35. The van der Waals surface area contributed by atoms with Crippen molar-refractivity contribution in [3.05, 3.63) is 80.9 Å². The van der Waals surface area contributed by atoms with Gasteiger partial charge in [0, 0.05) is 0 Å². The zero-order chi connectivity index (χ0) is 17.2. The minimum Gasteiger partial charge on any atom is -0.0908 e. The van der Waals surface area contributed by atoms with E-state index in [-0.39, 0.29) is 0 Å². The Morgan fingerprint density at radius 1 is 0.750 bits per heavy atom. The molecule has 1 unspecified atom stereocenters. The van der Waals surface area contributed by atoms with E-state index in [9.17, 15) is 0 Å². The van der Waals surface area contributed by atoms with Crippen LogP contribution in [0.15, 0.2) is 36.4 Å². The monoisotopic (exact) mass is 314 g/mol. The molecule has 0 aliphatic heterocycles. The van der Waals surface area contributed by atoms with E-state index < -0.39 is 0 Å². The molecule has 4 rings (SSSR count). The quantitative estimate of drug-likeness (QED) is 0.548. The molecule has 0 heteroatoms. The molecule has 0 amide bonds. The van der Waals surface area contributed by atoms with Crippen LogP contribution in [0, 0.1) is 33.6 Å². The van der Waals surface area contributed by atoms with Gasteiger partial charge in [0.2, 0.25) is 0 Å². The van der Waals surface area contributed by atoms with Crippen LogP contribution in [-0.2, 0) is 12.8 Å². The molecule has 2 aliphatic rings. The lowest BCUT2D eigenvalue weighted by atomic mass is 9.67. The van der Waals surface area contributed by atoms with E-state index in [1.807, 2.05) is 0 Å². The van der Waals surface area contributed by atoms with Crippen molar-refractivity contribution < 1.29 is 0 Å². The normalized spacial score (nSPS) is 19.0. The van der Waals surface area contributed by atoms with Gasteiger partial charge in [-0.2, -0.15) is 0 Å². The molecule has 0 aromatic heterocycles. The van der Waals surface area contributed by atoms with Crippen molar-refractivity contribution in [1.82, 2.24) is 0 Å². The van der Waals surface area contributed by atoms with Crippen LogP contribution in [0.4, 0.5) is 0 Å². The van der Waals surface area contributed by atoms with Crippen molar-refractivity contribution in [3.63, 3.8) is 0 Å². The van der Waals surface area contributed by atoms with Crippen LogP contribution in [0.25, 0.3) is 11.1 Å². The fraction of sp³-hybridized carbons (Fsp3) is 0.333. The molecular weight excluding hydrogens is 288 g/mol. The Morgan fingerprint density at radius 3 is 1.83 bits per heavy atom. The number of hydrogen-bond donors (Lipinski definition) is 0. The molecular formula is C24H26. The Balaban J connectivity index is 1.96. The Morgan fingerprint density at radius 2 is 1.25 bits per heavy atom. The summed E-state index contributed by atoms with van der Waals surface area (Å²) in [6.07, 6.45) is 2.30. The number of fused-ring (bicyclic) bond motifs is 3. The van der Waals surface area contributed by atoms with Gasteiger partial charge in [-0.3, -0.25) is 0 Å². The summed E-state index contributed by atoms with van der Waals surface area (Å²) in [6, 6.07) is 9.38. The minimum absolute atomic E-state index is 0.583. The van der Waals surface area contributed by atoms with Gasteiger partial charge in [-0.25, -0.2) is 0 Å². The number of allylic oxidation sites excluding steroid dienone is 3. The molecule has 0 nitrogen and oxygen atoms in total. The second-order valence-corrected chi connectivity index (χ2v) is 7.85. The van der Waals surface area contributed by atoms with E-state index in [2.05, 4.69) is 65.5 Å². The van der Waals surface area contributed by atoms with E-state index in [1.165, 1.54) is 61.2 Å². The van der Waals surface area contributed by atoms with Crippen molar-refractivity contribution in [2.45, 2.75) is 47.5 Å². The fourth-order valence-corrected chi connectivity index (χ4v) is 5.26. The van der Waals surface area contributed by atoms with Gasteiger partial charge < -0.3 is 0 Å². The number of rotatable bonds is 0. The van der Waals surface area contributed by atoms with Gasteiger partial charge in [-0.1, -0.05) is 42.0 Å². The van der Waals surface area contributed by atoms with Gasteiger partial charge in [0.05, 0.1) is 0 Å². The van der Waals surface area contributed by atoms with Crippen LogP contribution >= 0.6 is 0 Å². The van der Waals surface area contributed by atoms with E-state index >= 15 is 0 Å². The average molecular weight is 314 g/mol. The first kappa shape index (κ1) is 15.4. The molecule has 0 heterocycles.